The first-order valence-electron chi connectivity index (χ1n) is 9.31. The minimum absolute atomic E-state index is 0.00492. The number of rotatable bonds is 2. The number of thiophene rings is 1. The van der Waals surface area contributed by atoms with Gasteiger partial charge in [0.25, 0.3) is 5.56 Å². The second-order valence-electron chi connectivity index (χ2n) is 7.24. The first kappa shape index (κ1) is 18.3. The number of fused-ring (bicyclic) bond motifs is 4. The Morgan fingerprint density at radius 1 is 1.38 bits per heavy atom. The molecule has 0 unspecified atom stereocenters. The average molecular weight is 419 g/mol. The molecule has 29 heavy (non-hydrogen) atoms. The number of hydrogen-bond acceptors (Lipinski definition) is 5. The van der Waals surface area contributed by atoms with Crippen LogP contribution in [0, 0.1) is 5.92 Å². The zero-order valence-electron chi connectivity index (χ0n) is 15.4. The summed E-state index contributed by atoms with van der Waals surface area (Å²) in [5.74, 6) is 0.786. The van der Waals surface area contributed by atoms with Crippen LogP contribution < -0.4 is 5.56 Å². The summed E-state index contributed by atoms with van der Waals surface area (Å²) in [5, 5.41) is 4.43. The van der Waals surface area contributed by atoms with Crippen molar-refractivity contribution in [3.8, 4) is 11.4 Å². The summed E-state index contributed by atoms with van der Waals surface area (Å²) in [5.41, 5.74) is 0.105. The van der Waals surface area contributed by atoms with Crippen LogP contribution >= 0.6 is 11.3 Å². The molecule has 0 aromatic carbocycles. The van der Waals surface area contributed by atoms with Gasteiger partial charge in [0.15, 0.2) is 5.65 Å². The molecule has 0 spiro atoms. The van der Waals surface area contributed by atoms with Crippen molar-refractivity contribution in [1.82, 2.24) is 24.6 Å². The molecule has 0 saturated heterocycles. The van der Waals surface area contributed by atoms with Crippen molar-refractivity contribution in [2.75, 3.05) is 0 Å². The second kappa shape index (κ2) is 6.38. The Morgan fingerprint density at radius 3 is 2.97 bits per heavy atom. The van der Waals surface area contributed by atoms with Crippen LogP contribution in [-0.4, -0.2) is 24.6 Å². The summed E-state index contributed by atoms with van der Waals surface area (Å²) < 4.78 is 40.4. The van der Waals surface area contributed by atoms with E-state index in [9.17, 15) is 18.0 Å². The minimum Gasteiger partial charge on any atom is -0.306 e. The van der Waals surface area contributed by atoms with Crippen molar-refractivity contribution in [3.05, 3.63) is 44.9 Å². The molecule has 1 aliphatic carbocycles. The van der Waals surface area contributed by atoms with E-state index in [-0.39, 0.29) is 22.6 Å². The minimum atomic E-state index is -4.57. The predicted octanol–water partition coefficient (Wildman–Crippen LogP) is 4.23. The van der Waals surface area contributed by atoms with Gasteiger partial charge in [0.2, 0.25) is 0 Å². The highest BCUT2D eigenvalue weighted by Gasteiger charge is 2.35. The number of aryl methyl sites for hydroxylation is 1. The van der Waals surface area contributed by atoms with Gasteiger partial charge < -0.3 is 4.98 Å². The van der Waals surface area contributed by atoms with Crippen LogP contribution in [0.1, 0.15) is 35.9 Å². The summed E-state index contributed by atoms with van der Waals surface area (Å²) >= 11 is 1.50. The molecule has 4 aromatic heterocycles. The third-order valence-corrected chi connectivity index (χ3v) is 6.69. The van der Waals surface area contributed by atoms with E-state index >= 15 is 0 Å². The number of hydrogen-bond donors (Lipinski definition) is 1. The molecule has 150 valence electrons. The smallest absolute Gasteiger partial charge is 0.306 e. The van der Waals surface area contributed by atoms with E-state index < -0.39 is 11.9 Å². The van der Waals surface area contributed by atoms with Gasteiger partial charge in [-0.05, 0) is 36.8 Å². The fourth-order valence-corrected chi connectivity index (χ4v) is 5.34. The third-order valence-electron chi connectivity index (χ3n) is 5.55. The molecule has 0 radical (unpaired) electrons. The van der Waals surface area contributed by atoms with Crippen molar-refractivity contribution in [1.29, 1.82) is 0 Å². The Balaban J connectivity index is 1.68. The number of nitrogens with one attached hydrogen (secondary N) is 1. The van der Waals surface area contributed by atoms with Crippen molar-refractivity contribution in [2.45, 2.75) is 38.8 Å². The van der Waals surface area contributed by atoms with Crippen LogP contribution in [0.4, 0.5) is 13.2 Å². The zero-order chi connectivity index (χ0) is 20.3. The first-order valence-corrected chi connectivity index (χ1v) is 10.1. The van der Waals surface area contributed by atoms with Gasteiger partial charge in [0.1, 0.15) is 16.3 Å². The van der Waals surface area contributed by atoms with Crippen LogP contribution in [0.2, 0.25) is 0 Å². The molecule has 5 rings (SSSR count). The van der Waals surface area contributed by atoms with Crippen LogP contribution in [0.25, 0.3) is 27.3 Å². The lowest BCUT2D eigenvalue weighted by Crippen LogP contribution is -2.15. The van der Waals surface area contributed by atoms with Gasteiger partial charge in [-0.3, -0.25) is 4.79 Å². The molecule has 6 nitrogen and oxygen atoms in total. The topological polar surface area (TPSA) is 75.9 Å². The number of aromatic nitrogens is 5. The lowest BCUT2D eigenvalue weighted by molar-refractivity contribution is -0.142. The van der Waals surface area contributed by atoms with Gasteiger partial charge in [-0.25, -0.2) is 14.5 Å². The van der Waals surface area contributed by atoms with Crippen LogP contribution in [-0.2, 0) is 19.0 Å². The van der Waals surface area contributed by atoms with Crippen molar-refractivity contribution >= 4 is 27.2 Å². The molecular weight excluding hydrogens is 403 g/mol. The Kier molecular flexibility index (Phi) is 4.02. The fourth-order valence-electron chi connectivity index (χ4n) is 4.00. The van der Waals surface area contributed by atoms with Crippen molar-refractivity contribution < 1.29 is 13.2 Å². The van der Waals surface area contributed by atoms with Gasteiger partial charge in [0.05, 0.1) is 17.1 Å². The molecule has 4 heterocycles. The predicted molar refractivity (Wildman–Crippen MR) is 103 cm³/mol. The summed E-state index contributed by atoms with van der Waals surface area (Å²) in [7, 11) is 0. The Bertz CT molecular complexity index is 1300. The molecule has 4 aromatic rings. The molecule has 0 amide bonds. The molecule has 0 saturated carbocycles. The largest absolute Gasteiger partial charge is 0.433 e. The van der Waals surface area contributed by atoms with Gasteiger partial charge in [-0.2, -0.15) is 18.3 Å². The maximum absolute atomic E-state index is 13.2. The van der Waals surface area contributed by atoms with Gasteiger partial charge >= 0.3 is 6.18 Å². The SMILES string of the molecule is CC[C@@H]1CCc2c(sc3nc(-c4cnn5c(C(F)(F)F)ccnc45)[nH]c(=O)c23)C1. The normalized spacial score (nSPS) is 17.2. The molecule has 0 fully saturated rings. The molecule has 10 heteroatoms. The maximum atomic E-state index is 13.2. The van der Waals surface area contributed by atoms with Gasteiger partial charge in [0, 0.05) is 11.1 Å². The Morgan fingerprint density at radius 2 is 2.21 bits per heavy atom. The van der Waals surface area contributed by atoms with Crippen LogP contribution in [0.5, 0.6) is 0 Å². The van der Waals surface area contributed by atoms with E-state index in [0.29, 0.717) is 16.1 Å². The highest BCUT2D eigenvalue weighted by atomic mass is 32.1. The number of halogens is 3. The third kappa shape index (κ3) is 2.85. The Labute approximate surface area is 166 Å². The zero-order valence-corrected chi connectivity index (χ0v) is 16.2. The number of H-pyrrole nitrogens is 1. The summed E-state index contributed by atoms with van der Waals surface area (Å²) in [6.45, 7) is 2.17. The molecule has 1 aliphatic rings. The van der Waals surface area contributed by atoms with Gasteiger partial charge in [-0.1, -0.05) is 13.3 Å². The molecule has 1 atom stereocenters. The van der Waals surface area contributed by atoms with Crippen LogP contribution in [0.15, 0.2) is 23.3 Å². The van der Waals surface area contributed by atoms with Crippen LogP contribution in [0.3, 0.4) is 0 Å². The van der Waals surface area contributed by atoms with Crippen molar-refractivity contribution in [3.63, 3.8) is 0 Å². The fraction of sp³-hybridized carbons (Fsp3) is 0.368. The quantitative estimate of drug-likeness (QED) is 0.528. The average Bonchev–Trinajstić information content (AvgIpc) is 3.27. The number of alkyl halides is 3. The monoisotopic (exact) mass is 419 g/mol. The maximum Gasteiger partial charge on any atom is 0.433 e. The van der Waals surface area contributed by atoms with Gasteiger partial charge in [-0.15, -0.1) is 11.3 Å². The Hall–Kier alpha value is -2.75. The van der Waals surface area contributed by atoms with E-state index in [1.807, 2.05) is 0 Å². The standard InChI is InChI=1S/C19H16F3N5OS/c1-2-9-3-4-10-12(7-9)29-18-14(10)17(28)25-15(26-18)11-8-24-27-13(19(20,21)22)5-6-23-16(11)27/h5-6,8-9H,2-4,7H2,1H3,(H,25,26,28)/t9-/m1/s1. The summed E-state index contributed by atoms with van der Waals surface area (Å²) in [6.07, 6.45) is 1.70. The summed E-state index contributed by atoms with van der Waals surface area (Å²) in [6, 6.07) is 0.862. The number of nitrogens with zero attached hydrogens (tertiary/aromatic N) is 4. The summed E-state index contributed by atoms with van der Waals surface area (Å²) in [4.78, 5) is 25.9. The van der Waals surface area contributed by atoms with E-state index in [2.05, 4.69) is 27.0 Å². The molecule has 0 aliphatic heterocycles. The van der Waals surface area contributed by atoms with E-state index in [1.165, 1.54) is 22.4 Å². The van der Waals surface area contributed by atoms with E-state index in [0.717, 1.165) is 48.0 Å². The van der Waals surface area contributed by atoms with E-state index in [4.69, 9.17) is 0 Å². The highest BCUT2D eigenvalue weighted by Crippen LogP contribution is 2.37. The highest BCUT2D eigenvalue weighted by molar-refractivity contribution is 7.18. The molecular formula is C19H16F3N5OS. The molecule has 0 bridgehead atoms. The second-order valence-corrected chi connectivity index (χ2v) is 8.32. The van der Waals surface area contributed by atoms with Crippen molar-refractivity contribution in [2.24, 2.45) is 5.92 Å². The lowest BCUT2D eigenvalue weighted by Gasteiger charge is -2.20. The lowest BCUT2D eigenvalue weighted by atomic mass is 9.86. The number of aromatic amines is 1. The molecule has 1 N–H and O–H groups in total. The first-order chi connectivity index (χ1) is 13.9. The van der Waals surface area contributed by atoms with E-state index in [1.54, 1.807) is 0 Å².